The molecule has 0 spiro atoms. The highest BCUT2D eigenvalue weighted by Crippen LogP contribution is 2.39. The number of rotatable bonds is 1. The van der Waals surface area contributed by atoms with Gasteiger partial charge in [0, 0.05) is 46.6 Å². The topological polar surface area (TPSA) is 20.3 Å². The minimum absolute atomic E-state index is 0.0856. The molecule has 1 unspecified atom stereocenters. The molecular formula is C13H14ClNOS. The Hall–Kier alpha value is -0.930. The van der Waals surface area contributed by atoms with E-state index in [1.54, 1.807) is 17.8 Å². The van der Waals surface area contributed by atoms with Gasteiger partial charge in [-0.25, -0.2) is 0 Å². The number of fused-ring (bicyclic) bond motifs is 1. The van der Waals surface area contributed by atoms with E-state index in [4.69, 9.17) is 11.6 Å². The summed E-state index contributed by atoms with van der Waals surface area (Å²) in [6.45, 7) is 2.05. The Kier molecular flexibility index (Phi) is 3.50. The first kappa shape index (κ1) is 12.5. The predicted molar refractivity (Wildman–Crippen MR) is 72.9 cm³/mol. The summed E-state index contributed by atoms with van der Waals surface area (Å²) in [5.74, 6) is 0.0856. The van der Waals surface area contributed by atoms with Gasteiger partial charge in [-0.05, 0) is 25.1 Å². The molecule has 0 amide bonds. The minimum atomic E-state index is 0.0856. The number of ketones is 1. The van der Waals surface area contributed by atoms with Crippen LogP contribution in [0.15, 0.2) is 34.9 Å². The molecule has 0 fully saturated rings. The van der Waals surface area contributed by atoms with Crippen LogP contribution in [-0.4, -0.2) is 30.0 Å². The summed E-state index contributed by atoms with van der Waals surface area (Å²) in [6.07, 6.45) is 1.89. The van der Waals surface area contributed by atoms with Crippen molar-refractivity contribution in [2.45, 2.75) is 17.1 Å². The first-order valence-corrected chi connectivity index (χ1v) is 6.64. The van der Waals surface area contributed by atoms with E-state index in [2.05, 4.69) is 6.92 Å². The van der Waals surface area contributed by atoms with Gasteiger partial charge in [-0.3, -0.25) is 4.79 Å². The van der Waals surface area contributed by atoms with E-state index < -0.39 is 0 Å². The van der Waals surface area contributed by atoms with Crippen LogP contribution in [0.2, 0.25) is 5.02 Å². The molecule has 1 aliphatic heterocycles. The molecule has 0 N–H and O–H groups in total. The summed E-state index contributed by atoms with van der Waals surface area (Å²) in [6, 6.07) is 5.50. The molecule has 4 heteroatoms. The summed E-state index contributed by atoms with van der Waals surface area (Å²) in [7, 11) is 3.84. The average molecular weight is 268 g/mol. The largest absolute Gasteiger partial charge is 0.383 e. The quantitative estimate of drug-likeness (QED) is 0.727. The zero-order valence-electron chi connectivity index (χ0n) is 10.0. The molecule has 0 aliphatic carbocycles. The lowest BCUT2D eigenvalue weighted by molar-refractivity contribution is 0.102. The summed E-state index contributed by atoms with van der Waals surface area (Å²) in [5.41, 5.74) is 1.54. The van der Waals surface area contributed by atoms with Crippen molar-refractivity contribution in [2.24, 2.45) is 0 Å². The summed E-state index contributed by atoms with van der Waals surface area (Å²) >= 11 is 7.64. The van der Waals surface area contributed by atoms with Crippen LogP contribution in [0.1, 0.15) is 17.3 Å². The molecule has 2 rings (SSSR count). The van der Waals surface area contributed by atoms with Gasteiger partial charge in [0.05, 0.1) is 0 Å². The van der Waals surface area contributed by atoms with Crippen molar-refractivity contribution in [1.82, 2.24) is 4.90 Å². The molecule has 1 aliphatic rings. The van der Waals surface area contributed by atoms with E-state index in [0.717, 1.165) is 10.5 Å². The van der Waals surface area contributed by atoms with Gasteiger partial charge in [0.1, 0.15) is 0 Å². The van der Waals surface area contributed by atoms with Crippen LogP contribution < -0.4 is 0 Å². The summed E-state index contributed by atoms with van der Waals surface area (Å²) in [5, 5.41) is 0.787. The molecule has 1 atom stereocenters. The molecule has 0 bridgehead atoms. The third-order valence-corrected chi connectivity index (χ3v) is 4.04. The van der Waals surface area contributed by atoms with Crippen LogP contribution in [0.4, 0.5) is 0 Å². The normalized spacial score (nSPS) is 21.5. The van der Waals surface area contributed by atoms with Crippen molar-refractivity contribution in [1.29, 1.82) is 0 Å². The van der Waals surface area contributed by atoms with Crippen LogP contribution >= 0.6 is 23.4 Å². The molecule has 2 nitrogen and oxygen atoms in total. The number of carbonyl (C=O) groups is 1. The van der Waals surface area contributed by atoms with Crippen molar-refractivity contribution in [2.75, 3.05) is 14.1 Å². The maximum Gasteiger partial charge on any atom is 0.192 e. The lowest BCUT2D eigenvalue weighted by atomic mass is 10.0. The third kappa shape index (κ3) is 2.50. The van der Waals surface area contributed by atoms with Crippen LogP contribution in [0.5, 0.6) is 0 Å². The number of Topliss-reactive ketones (excluding diaryl/α,β-unsaturated/α-hetero) is 1. The molecule has 0 radical (unpaired) electrons. The number of thioether (sulfide) groups is 1. The fourth-order valence-electron chi connectivity index (χ4n) is 1.82. The highest BCUT2D eigenvalue weighted by Gasteiger charge is 2.28. The van der Waals surface area contributed by atoms with Gasteiger partial charge in [-0.1, -0.05) is 11.6 Å². The van der Waals surface area contributed by atoms with Gasteiger partial charge in [0.2, 0.25) is 0 Å². The molecule has 17 heavy (non-hydrogen) atoms. The van der Waals surface area contributed by atoms with Gasteiger partial charge in [-0.2, -0.15) is 0 Å². The lowest BCUT2D eigenvalue weighted by Gasteiger charge is -2.24. The fourth-order valence-corrected chi connectivity index (χ4v) is 3.09. The highest BCUT2D eigenvalue weighted by molar-refractivity contribution is 8.00. The van der Waals surface area contributed by atoms with E-state index in [1.165, 1.54) is 0 Å². The second kappa shape index (κ2) is 4.75. The van der Waals surface area contributed by atoms with Gasteiger partial charge < -0.3 is 4.90 Å². The third-order valence-electron chi connectivity index (χ3n) is 2.59. The average Bonchev–Trinajstić information content (AvgIpc) is 2.25. The fraction of sp³-hybridized carbons (Fsp3) is 0.308. The molecule has 1 heterocycles. The van der Waals surface area contributed by atoms with Gasteiger partial charge >= 0.3 is 0 Å². The van der Waals surface area contributed by atoms with Crippen LogP contribution in [0, 0.1) is 0 Å². The Bertz CT molecular complexity index is 496. The summed E-state index contributed by atoms with van der Waals surface area (Å²) < 4.78 is 0. The molecule has 1 aromatic carbocycles. The molecule has 0 aromatic heterocycles. The van der Waals surface area contributed by atoms with Crippen molar-refractivity contribution >= 4 is 29.1 Å². The Morgan fingerprint density at radius 1 is 1.41 bits per heavy atom. The minimum Gasteiger partial charge on any atom is -0.383 e. The Labute approximate surface area is 111 Å². The van der Waals surface area contributed by atoms with E-state index in [1.807, 2.05) is 37.3 Å². The zero-order chi connectivity index (χ0) is 12.6. The number of halogens is 1. The predicted octanol–water partition coefficient (Wildman–Crippen LogP) is 3.46. The van der Waals surface area contributed by atoms with Gasteiger partial charge in [0.25, 0.3) is 0 Å². The van der Waals surface area contributed by atoms with Crippen molar-refractivity contribution in [3.8, 4) is 0 Å². The maximum atomic E-state index is 12.3. The van der Waals surface area contributed by atoms with E-state index in [0.29, 0.717) is 10.6 Å². The van der Waals surface area contributed by atoms with Gasteiger partial charge in [-0.15, -0.1) is 11.8 Å². The molecule has 0 saturated heterocycles. The number of hydrogen-bond acceptors (Lipinski definition) is 3. The lowest BCUT2D eigenvalue weighted by Crippen LogP contribution is -2.21. The maximum absolute atomic E-state index is 12.3. The van der Waals surface area contributed by atoms with Gasteiger partial charge in [0.15, 0.2) is 5.78 Å². The number of carbonyl (C=O) groups excluding carboxylic acids is 1. The highest BCUT2D eigenvalue weighted by atomic mass is 35.5. The number of nitrogens with zero attached hydrogens (tertiary/aromatic N) is 1. The standard InChI is InChI=1S/C13H14ClNOS/c1-8-11(7-15(2)3)13(16)10-6-9(14)4-5-12(10)17-8/h4-8H,1-3H3. The Morgan fingerprint density at radius 2 is 2.12 bits per heavy atom. The number of benzene rings is 1. The Balaban J connectivity index is 2.49. The monoisotopic (exact) mass is 267 g/mol. The SMILES string of the molecule is CC1Sc2ccc(Cl)cc2C(=O)C1=CN(C)C. The smallest absolute Gasteiger partial charge is 0.192 e. The number of hydrogen-bond donors (Lipinski definition) is 0. The molecular weight excluding hydrogens is 254 g/mol. The zero-order valence-corrected chi connectivity index (χ0v) is 11.6. The first-order chi connectivity index (χ1) is 7.99. The molecule has 90 valence electrons. The van der Waals surface area contributed by atoms with Crippen molar-refractivity contribution < 1.29 is 4.79 Å². The second-order valence-electron chi connectivity index (χ2n) is 4.28. The molecule has 0 saturated carbocycles. The Morgan fingerprint density at radius 3 is 2.76 bits per heavy atom. The second-order valence-corrected chi connectivity index (χ2v) is 6.10. The van der Waals surface area contributed by atoms with E-state index >= 15 is 0 Å². The van der Waals surface area contributed by atoms with E-state index in [-0.39, 0.29) is 11.0 Å². The van der Waals surface area contributed by atoms with E-state index in [9.17, 15) is 4.79 Å². The van der Waals surface area contributed by atoms with Crippen LogP contribution in [0.3, 0.4) is 0 Å². The summed E-state index contributed by atoms with van der Waals surface area (Å²) in [4.78, 5) is 15.3. The van der Waals surface area contributed by atoms with Crippen molar-refractivity contribution in [3.63, 3.8) is 0 Å². The van der Waals surface area contributed by atoms with Crippen LogP contribution in [-0.2, 0) is 0 Å². The molecule has 1 aromatic rings. The van der Waals surface area contributed by atoms with Crippen LogP contribution in [0.25, 0.3) is 0 Å². The first-order valence-electron chi connectivity index (χ1n) is 5.38. The van der Waals surface area contributed by atoms with Crippen molar-refractivity contribution in [3.05, 3.63) is 40.6 Å².